The summed E-state index contributed by atoms with van der Waals surface area (Å²) < 4.78 is 0.799. The summed E-state index contributed by atoms with van der Waals surface area (Å²) in [5.74, 6) is -0.943. The molecule has 0 saturated heterocycles. The number of nitrogens with zero attached hydrogens (tertiary/aromatic N) is 1. The topological polar surface area (TPSA) is 113 Å². The maximum absolute atomic E-state index is 12.1. The van der Waals surface area contributed by atoms with Crippen LogP contribution in [-0.4, -0.2) is 21.9 Å². The molecule has 0 bridgehead atoms. The molecule has 2 aromatic carbocycles. The van der Waals surface area contributed by atoms with Crippen molar-refractivity contribution in [2.24, 2.45) is 0 Å². The van der Waals surface area contributed by atoms with Gasteiger partial charge in [0.15, 0.2) is 5.11 Å². The van der Waals surface area contributed by atoms with E-state index in [0.29, 0.717) is 11.1 Å². The van der Waals surface area contributed by atoms with Gasteiger partial charge in [-0.25, -0.2) is 0 Å². The summed E-state index contributed by atoms with van der Waals surface area (Å²) in [6.45, 7) is 1.90. The number of nitro benzene ring substituents is 1. The standard InChI is InChI=1S/C18H15BrN4O4S/c1-11-2-6-13(10-15(11)19)17(25)21-22-18(28)20-16(24)9-5-12-3-7-14(8-4-12)23(26)27/h2-10H,1H3,(H,21,25)(H2,20,22,24,28)/b9-5+. The third kappa shape index (κ3) is 6.25. The zero-order chi connectivity index (χ0) is 20.7. The molecule has 2 amide bonds. The third-order valence-electron chi connectivity index (χ3n) is 3.49. The molecule has 8 nitrogen and oxygen atoms in total. The van der Waals surface area contributed by atoms with Gasteiger partial charge in [-0.1, -0.05) is 22.0 Å². The summed E-state index contributed by atoms with van der Waals surface area (Å²) in [6.07, 6.45) is 2.69. The number of halogens is 1. The van der Waals surface area contributed by atoms with Gasteiger partial charge in [0, 0.05) is 28.2 Å². The Bertz CT molecular complexity index is 961. The fourth-order valence-corrected chi connectivity index (χ4v) is 2.51. The quantitative estimate of drug-likeness (QED) is 0.278. The van der Waals surface area contributed by atoms with Crippen LogP contribution in [0.5, 0.6) is 0 Å². The fourth-order valence-electron chi connectivity index (χ4n) is 1.98. The van der Waals surface area contributed by atoms with Crippen LogP contribution in [0, 0.1) is 17.0 Å². The van der Waals surface area contributed by atoms with Gasteiger partial charge in [0.1, 0.15) is 0 Å². The number of amides is 2. The number of thiocarbonyl (C=S) groups is 1. The van der Waals surface area contributed by atoms with Gasteiger partial charge < -0.3 is 0 Å². The van der Waals surface area contributed by atoms with Crippen molar-refractivity contribution in [1.82, 2.24) is 16.2 Å². The van der Waals surface area contributed by atoms with Gasteiger partial charge in [-0.15, -0.1) is 0 Å². The minimum atomic E-state index is -0.525. The molecular formula is C18H15BrN4O4S. The number of carbonyl (C=O) groups is 2. The number of non-ortho nitro benzene ring substituents is 1. The highest BCUT2D eigenvalue weighted by Crippen LogP contribution is 2.17. The number of hydrazine groups is 1. The summed E-state index contributed by atoms with van der Waals surface area (Å²) >= 11 is 8.30. The van der Waals surface area contributed by atoms with Crippen molar-refractivity contribution in [3.8, 4) is 0 Å². The first kappa shape index (κ1) is 21.2. The van der Waals surface area contributed by atoms with Crippen LogP contribution in [0.1, 0.15) is 21.5 Å². The summed E-state index contributed by atoms with van der Waals surface area (Å²) in [7, 11) is 0. The number of benzene rings is 2. The molecule has 2 aromatic rings. The second kappa shape index (κ2) is 9.72. The van der Waals surface area contributed by atoms with Crippen molar-refractivity contribution in [2.45, 2.75) is 6.92 Å². The van der Waals surface area contributed by atoms with Gasteiger partial charge >= 0.3 is 0 Å². The van der Waals surface area contributed by atoms with Gasteiger partial charge in [0.05, 0.1) is 4.92 Å². The maximum Gasteiger partial charge on any atom is 0.269 e. The lowest BCUT2D eigenvalue weighted by Gasteiger charge is -2.10. The molecule has 2 rings (SSSR count). The largest absolute Gasteiger partial charge is 0.298 e. The minimum Gasteiger partial charge on any atom is -0.298 e. The number of hydrogen-bond donors (Lipinski definition) is 3. The van der Waals surface area contributed by atoms with Crippen molar-refractivity contribution in [3.05, 3.63) is 79.8 Å². The van der Waals surface area contributed by atoms with E-state index < -0.39 is 16.7 Å². The highest BCUT2D eigenvalue weighted by atomic mass is 79.9. The molecule has 0 heterocycles. The van der Waals surface area contributed by atoms with E-state index in [1.807, 2.05) is 6.92 Å². The first-order chi connectivity index (χ1) is 13.3. The lowest BCUT2D eigenvalue weighted by atomic mass is 10.1. The molecule has 0 fully saturated rings. The van der Waals surface area contributed by atoms with E-state index in [-0.39, 0.29) is 10.8 Å². The number of rotatable bonds is 4. The van der Waals surface area contributed by atoms with Gasteiger partial charge in [-0.2, -0.15) is 0 Å². The monoisotopic (exact) mass is 462 g/mol. The normalized spacial score (nSPS) is 10.4. The van der Waals surface area contributed by atoms with E-state index >= 15 is 0 Å². The van der Waals surface area contributed by atoms with Crippen LogP contribution in [0.15, 0.2) is 53.0 Å². The Kier molecular flexibility index (Phi) is 7.36. The highest BCUT2D eigenvalue weighted by Gasteiger charge is 2.08. The molecule has 0 aliphatic heterocycles. The minimum absolute atomic E-state index is 0.0386. The zero-order valence-electron chi connectivity index (χ0n) is 14.6. The van der Waals surface area contributed by atoms with E-state index in [1.165, 1.54) is 36.4 Å². The van der Waals surface area contributed by atoms with E-state index in [0.717, 1.165) is 10.0 Å². The Morgan fingerprint density at radius 3 is 2.43 bits per heavy atom. The predicted molar refractivity (Wildman–Crippen MR) is 112 cm³/mol. The summed E-state index contributed by atoms with van der Waals surface area (Å²) in [5, 5.41) is 12.9. The summed E-state index contributed by atoms with van der Waals surface area (Å²) in [4.78, 5) is 34.0. The number of carbonyl (C=O) groups excluding carboxylic acids is 2. The number of aryl methyl sites for hydroxylation is 1. The van der Waals surface area contributed by atoms with Crippen LogP contribution in [0.2, 0.25) is 0 Å². The van der Waals surface area contributed by atoms with Crippen molar-refractivity contribution in [2.75, 3.05) is 0 Å². The van der Waals surface area contributed by atoms with Crippen molar-refractivity contribution in [3.63, 3.8) is 0 Å². The molecule has 0 aliphatic carbocycles. The van der Waals surface area contributed by atoms with Crippen LogP contribution in [0.3, 0.4) is 0 Å². The van der Waals surface area contributed by atoms with E-state index in [4.69, 9.17) is 12.2 Å². The number of nitro groups is 1. The Balaban J connectivity index is 1.83. The molecule has 144 valence electrons. The number of nitrogens with one attached hydrogen (secondary N) is 3. The van der Waals surface area contributed by atoms with Gasteiger partial charge in [-0.3, -0.25) is 35.9 Å². The molecule has 0 spiro atoms. The molecule has 0 aliphatic rings. The Morgan fingerprint density at radius 2 is 1.82 bits per heavy atom. The fraction of sp³-hybridized carbons (Fsp3) is 0.0556. The van der Waals surface area contributed by atoms with E-state index in [1.54, 1.807) is 18.2 Å². The van der Waals surface area contributed by atoms with E-state index in [9.17, 15) is 19.7 Å². The summed E-state index contributed by atoms with van der Waals surface area (Å²) in [6, 6.07) is 10.8. The van der Waals surface area contributed by atoms with Crippen molar-refractivity contribution >= 4 is 56.8 Å². The third-order valence-corrected chi connectivity index (χ3v) is 4.55. The molecule has 10 heteroatoms. The van der Waals surface area contributed by atoms with Gasteiger partial charge in [0.25, 0.3) is 11.6 Å². The zero-order valence-corrected chi connectivity index (χ0v) is 17.0. The molecule has 0 aromatic heterocycles. The van der Waals surface area contributed by atoms with Crippen LogP contribution in [0.4, 0.5) is 5.69 Å². The maximum atomic E-state index is 12.1. The lowest BCUT2D eigenvalue weighted by Crippen LogP contribution is -2.48. The second-order valence-electron chi connectivity index (χ2n) is 5.54. The average molecular weight is 463 g/mol. The Labute approximate surface area is 174 Å². The molecular weight excluding hydrogens is 448 g/mol. The average Bonchev–Trinajstić information content (AvgIpc) is 2.67. The first-order valence-electron chi connectivity index (χ1n) is 7.86. The SMILES string of the molecule is Cc1ccc(C(=O)NNC(=S)NC(=O)/C=C/c2ccc([N+](=O)[O-])cc2)cc1Br. The van der Waals surface area contributed by atoms with Crippen molar-refractivity contribution in [1.29, 1.82) is 0 Å². The lowest BCUT2D eigenvalue weighted by molar-refractivity contribution is -0.384. The molecule has 3 N–H and O–H groups in total. The van der Waals surface area contributed by atoms with E-state index in [2.05, 4.69) is 32.1 Å². The highest BCUT2D eigenvalue weighted by molar-refractivity contribution is 9.10. The summed E-state index contributed by atoms with van der Waals surface area (Å²) in [5.41, 5.74) is 6.80. The van der Waals surface area contributed by atoms with Crippen molar-refractivity contribution < 1.29 is 14.5 Å². The van der Waals surface area contributed by atoms with Gasteiger partial charge in [0.2, 0.25) is 5.91 Å². The van der Waals surface area contributed by atoms with Crippen LogP contribution in [0.25, 0.3) is 6.08 Å². The molecule has 0 radical (unpaired) electrons. The molecule has 28 heavy (non-hydrogen) atoms. The predicted octanol–water partition coefficient (Wildman–Crippen LogP) is 3.01. The van der Waals surface area contributed by atoms with Crippen LogP contribution < -0.4 is 16.2 Å². The van der Waals surface area contributed by atoms with Crippen LogP contribution in [-0.2, 0) is 4.79 Å². The molecule has 0 atom stereocenters. The molecule has 0 unspecified atom stereocenters. The van der Waals surface area contributed by atoms with Crippen LogP contribution >= 0.6 is 28.1 Å². The van der Waals surface area contributed by atoms with Gasteiger partial charge in [-0.05, 0) is 60.6 Å². The second-order valence-corrected chi connectivity index (χ2v) is 6.81. The molecule has 0 saturated carbocycles. The number of hydrogen-bond acceptors (Lipinski definition) is 5. The Morgan fingerprint density at radius 1 is 1.14 bits per heavy atom. The Hall–Kier alpha value is -3.11. The smallest absolute Gasteiger partial charge is 0.269 e. The first-order valence-corrected chi connectivity index (χ1v) is 9.06.